The number of nitrogens with one attached hydrogen (secondary N) is 2. The summed E-state index contributed by atoms with van der Waals surface area (Å²) in [5, 5.41) is 2.43. The summed E-state index contributed by atoms with van der Waals surface area (Å²) in [5.41, 5.74) is 9.31. The molecule has 5 rings (SSSR count). The number of allylic oxidation sites excluding steroid dienone is 1. The average molecular weight is 542 g/mol. The first-order chi connectivity index (χ1) is 18.9. The van der Waals surface area contributed by atoms with E-state index in [2.05, 4.69) is 23.9 Å². The molecule has 0 saturated heterocycles. The van der Waals surface area contributed by atoms with Gasteiger partial charge in [0.25, 0.3) is 11.8 Å². The molecule has 0 radical (unpaired) electrons. The van der Waals surface area contributed by atoms with Crippen LogP contribution in [-0.4, -0.2) is 36.5 Å². The number of rotatable bonds is 6. The summed E-state index contributed by atoms with van der Waals surface area (Å²) >= 11 is 1.25. The fraction of sp³-hybridized carbons (Fsp3) is 0.200. The van der Waals surface area contributed by atoms with Crippen LogP contribution in [-0.2, 0) is 16.0 Å². The summed E-state index contributed by atoms with van der Waals surface area (Å²) in [6.45, 7) is 1.60. The van der Waals surface area contributed by atoms with Crippen LogP contribution >= 0.6 is 11.3 Å². The van der Waals surface area contributed by atoms with Crippen molar-refractivity contribution >= 4 is 51.7 Å². The van der Waals surface area contributed by atoms with Crippen molar-refractivity contribution in [2.75, 3.05) is 13.7 Å². The Morgan fingerprint density at radius 1 is 1.03 bits per heavy atom. The maximum atomic E-state index is 13.5. The maximum absolute atomic E-state index is 13.5. The van der Waals surface area contributed by atoms with Crippen molar-refractivity contribution in [3.05, 3.63) is 93.3 Å². The smallest absolute Gasteiger partial charge is 0.339 e. The van der Waals surface area contributed by atoms with Gasteiger partial charge in [-0.25, -0.2) is 9.78 Å². The summed E-state index contributed by atoms with van der Waals surface area (Å²) in [7, 11) is 1.63. The first-order valence-corrected chi connectivity index (χ1v) is 13.4. The molecular weight excluding hydrogens is 514 g/mol. The molecule has 2 aromatic heterocycles. The Balaban J connectivity index is 1.41. The van der Waals surface area contributed by atoms with Crippen molar-refractivity contribution in [2.45, 2.75) is 19.8 Å². The van der Waals surface area contributed by atoms with E-state index in [-0.39, 0.29) is 5.92 Å². The molecule has 8 nitrogen and oxygen atoms in total. The summed E-state index contributed by atoms with van der Waals surface area (Å²) in [4.78, 5) is 43.2. The van der Waals surface area contributed by atoms with Gasteiger partial charge in [-0.2, -0.15) is 0 Å². The van der Waals surface area contributed by atoms with Gasteiger partial charge in [0.2, 0.25) is 0 Å². The van der Waals surface area contributed by atoms with Gasteiger partial charge in [-0.1, -0.05) is 43.3 Å². The number of thiophene rings is 1. The normalized spacial score (nSPS) is 15.4. The second-order valence-corrected chi connectivity index (χ2v) is 10.3. The number of esters is 1. The van der Waals surface area contributed by atoms with Crippen LogP contribution in [0.15, 0.2) is 66.0 Å². The molecule has 39 heavy (non-hydrogen) atoms. The van der Waals surface area contributed by atoms with Crippen LogP contribution in [0.2, 0.25) is 0 Å². The molecule has 9 heteroatoms. The van der Waals surface area contributed by atoms with Gasteiger partial charge < -0.3 is 9.47 Å². The molecular formula is C30H27N3O5S. The molecule has 2 N–H and O–H groups in total. The van der Waals surface area contributed by atoms with Gasteiger partial charge >= 0.3 is 5.97 Å². The molecule has 0 unspecified atom stereocenters. The monoisotopic (exact) mass is 541 g/mol. The van der Waals surface area contributed by atoms with Crippen LogP contribution in [0.5, 0.6) is 5.75 Å². The topological polar surface area (TPSA) is 107 Å². The molecule has 0 fully saturated rings. The molecule has 0 bridgehead atoms. The van der Waals surface area contributed by atoms with Gasteiger partial charge in [-0.3, -0.25) is 20.4 Å². The summed E-state index contributed by atoms with van der Waals surface area (Å²) < 4.78 is 10.7. The summed E-state index contributed by atoms with van der Waals surface area (Å²) in [5.74, 6) is -0.647. The molecule has 0 spiro atoms. The van der Waals surface area contributed by atoms with Gasteiger partial charge in [0.15, 0.2) is 6.61 Å². The van der Waals surface area contributed by atoms with Gasteiger partial charge in [-0.15, -0.1) is 11.3 Å². The van der Waals surface area contributed by atoms with Crippen LogP contribution in [0.1, 0.15) is 50.2 Å². The Morgan fingerprint density at radius 3 is 2.56 bits per heavy atom. The number of nitrogens with zero attached hydrogens (tertiary/aromatic N) is 1. The van der Waals surface area contributed by atoms with E-state index in [9.17, 15) is 14.4 Å². The zero-order valence-corrected chi connectivity index (χ0v) is 22.3. The number of amides is 2. The van der Waals surface area contributed by atoms with Crippen LogP contribution < -0.4 is 15.6 Å². The van der Waals surface area contributed by atoms with Crippen molar-refractivity contribution in [1.82, 2.24) is 15.8 Å². The van der Waals surface area contributed by atoms with E-state index in [1.165, 1.54) is 11.3 Å². The number of aromatic nitrogens is 1. The predicted molar refractivity (Wildman–Crippen MR) is 150 cm³/mol. The lowest BCUT2D eigenvalue weighted by Gasteiger charge is -2.26. The van der Waals surface area contributed by atoms with E-state index < -0.39 is 24.4 Å². The van der Waals surface area contributed by atoms with Gasteiger partial charge in [0.05, 0.1) is 28.8 Å². The third-order valence-electron chi connectivity index (χ3n) is 6.47. The minimum absolute atomic E-state index is 0.271. The SMILES string of the molecule is COc1ccc(/C=C2\C[C@@H](C)Cc3c2nc2ccccc2c3C(=O)OCC(=O)NNC(=O)c2cccs2)cc1. The largest absolute Gasteiger partial charge is 0.497 e. The van der Waals surface area contributed by atoms with E-state index >= 15 is 0 Å². The number of benzene rings is 2. The lowest BCUT2D eigenvalue weighted by atomic mass is 9.80. The van der Waals surface area contributed by atoms with Crippen molar-refractivity contribution in [3.8, 4) is 5.75 Å². The Kier molecular flexibility index (Phi) is 7.69. The summed E-state index contributed by atoms with van der Waals surface area (Å²) in [6.07, 6.45) is 3.56. The van der Waals surface area contributed by atoms with E-state index in [1.54, 1.807) is 24.6 Å². The number of hydrogen-bond acceptors (Lipinski definition) is 7. The number of ether oxygens (including phenoxy) is 2. The average Bonchev–Trinajstić information content (AvgIpc) is 3.49. The highest BCUT2D eigenvalue weighted by atomic mass is 32.1. The highest BCUT2D eigenvalue weighted by Gasteiger charge is 2.29. The molecule has 1 aliphatic carbocycles. The van der Waals surface area contributed by atoms with Gasteiger partial charge in [-0.05, 0) is 71.2 Å². The number of hydrazine groups is 1. The zero-order valence-electron chi connectivity index (χ0n) is 21.5. The Hall–Kier alpha value is -4.50. The number of pyridine rings is 1. The third-order valence-corrected chi connectivity index (χ3v) is 7.34. The molecule has 1 atom stereocenters. The van der Waals surface area contributed by atoms with Crippen LogP contribution in [0.3, 0.4) is 0 Å². The predicted octanol–water partition coefficient (Wildman–Crippen LogP) is 5.05. The zero-order chi connectivity index (χ0) is 27.4. The molecule has 2 heterocycles. The van der Waals surface area contributed by atoms with Crippen molar-refractivity contribution in [1.29, 1.82) is 0 Å². The maximum Gasteiger partial charge on any atom is 0.339 e. The number of hydrogen-bond donors (Lipinski definition) is 2. The number of carbonyl (C=O) groups excluding carboxylic acids is 3. The van der Waals surface area contributed by atoms with E-state index in [1.807, 2.05) is 48.5 Å². The lowest BCUT2D eigenvalue weighted by molar-refractivity contribution is -0.125. The number of para-hydroxylation sites is 1. The van der Waals surface area contributed by atoms with E-state index in [0.717, 1.165) is 34.6 Å². The first-order valence-electron chi connectivity index (χ1n) is 12.5. The third kappa shape index (κ3) is 5.83. The fourth-order valence-electron chi connectivity index (χ4n) is 4.71. The Labute approximate surface area is 229 Å². The Bertz CT molecular complexity index is 1560. The minimum Gasteiger partial charge on any atom is -0.497 e. The van der Waals surface area contributed by atoms with Crippen molar-refractivity contribution in [3.63, 3.8) is 0 Å². The minimum atomic E-state index is -0.644. The second-order valence-electron chi connectivity index (χ2n) is 9.34. The molecule has 2 amide bonds. The Morgan fingerprint density at radius 2 is 1.82 bits per heavy atom. The quantitative estimate of drug-likeness (QED) is 0.262. The van der Waals surface area contributed by atoms with Crippen LogP contribution in [0.25, 0.3) is 22.6 Å². The molecule has 0 saturated carbocycles. The highest BCUT2D eigenvalue weighted by molar-refractivity contribution is 7.12. The lowest BCUT2D eigenvalue weighted by Crippen LogP contribution is -2.43. The first kappa shape index (κ1) is 26.1. The molecule has 4 aromatic rings. The summed E-state index contributed by atoms with van der Waals surface area (Å²) in [6, 6.07) is 18.6. The standard InChI is InChI=1S/C30H27N3O5S/c1-18-14-20(16-19-9-11-21(37-2)12-10-19)28-23(15-18)27(22-6-3-4-7-24(22)31-28)30(36)38-17-26(34)32-33-29(35)25-8-5-13-39-25/h3-13,16,18H,14-15,17H2,1-2H3,(H,32,34)(H,33,35)/b20-16+/t18-/m1/s1. The number of fused-ring (bicyclic) bond motifs is 2. The van der Waals surface area contributed by atoms with Gasteiger partial charge in [0.1, 0.15) is 5.75 Å². The molecule has 0 aliphatic heterocycles. The van der Waals surface area contributed by atoms with Crippen LogP contribution in [0.4, 0.5) is 0 Å². The van der Waals surface area contributed by atoms with E-state index in [4.69, 9.17) is 14.5 Å². The second kappa shape index (κ2) is 11.5. The highest BCUT2D eigenvalue weighted by Crippen LogP contribution is 2.38. The van der Waals surface area contributed by atoms with Gasteiger partial charge in [0, 0.05) is 5.39 Å². The van der Waals surface area contributed by atoms with Crippen LogP contribution in [0, 0.1) is 5.92 Å². The molecule has 198 valence electrons. The van der Waals surface area contributed by atoms with E-state index in [0.29, 0.717) is 27.8 Å². The van der Waals surface area contributed by atoms with Crippen molar-refractivity contribution in [2.24, 2.45) is 5.92 Å². The number of methoxy groups -OCH3 is 1. The fourth-order valence-corrected chi connectivity index (χ4v) is 5.32. The number of carbonyl (C=O) groups is 3. The molecule has 1 aliphatic rings. The van der Waals surface area contributed by atoms with Crippen molar-refractivity contribution < 1.29 is 23.9 Å². The molecule has 2 aromatic carbocycles.